The van der Waals surface area contributed by atoms with Crippen LogP contribution in [-0.4, -0.2) is 12.0 Å². The molecular weight excluding hydrogens is 375 g/mol. The Morgan fingerprint density at radius 2 is 2.04 bits per heavy atom. The Morgan fingerprint density at radius 1 is 1.23 bits per heavy atom. The van der Waals surface area contributed by atoms with Crippen LogP contribution in [0.15, 0.2) is 42.5 Å². The highest BCUT2D eigenvalue weighted by molar-refractivity contribution is 6.42. The van der Waals surface area contributed by atoms with Crippen molar-refractivity contribution in [3.8, 4) is 5.75 Å². The Labute approximate surface area is 160 Å². The summed E-state index contributed by atoms with van der Waals surface area (Å²) in [6.07, 6.45) is 5.13. The van der Waals surface area contributed by atoms with Gasteiger partial charge in [-0.1, -0.05) is 41.4 Å². The van der Waals surface area contributed by atoms with Crippen molar-refractivity contribution < 1.29 is 9.66 Å². The summed E-state index contributed by atoms with van der Waals surface area (Å²) in [6.45, 7) is 0. The Hall–Kier alpha value is -2.24. The molecule has 7 heteroatoms. The number of non-ortho nitro benzene ring substituents is 1. The van der Waals surface area contributed by atoms with E-state index < -0.39 is 0 Å². The van der Waals surface area contributed by atoms with E-state index in [1.165, 1.54) is 13.2 Å². The molecule has 3 atom stereocenters. The second-order valence-electron chi connectivity index (χ2n) is 6.52. The van der Waals surface area contributed by atoms with Crippen LogP contribution in [0.5, 0.6) is 5.75 Å². The van der Waals surface area contributed by atoms with Crippen molar-refractivity contribution in [2.75, 3.05) is 12.4 Å². The largest absolute Gasteiger partial charge is 0.494 e. The molecular formula is C19H16Cl2N2O3. The maximum absolute atomic E-state index is 11.3. The van der Waals surface area contributed by atoms with Gasteiger partial charge in [0.05, 0.1) is 39.9 Å². The molecule has 0 fully saturated rings. The first kappa shape index (κ1) is 17.2. The van der Waals surface area contributed by atoms with E-state index in [4.69, 9.17) is 27.9 Å². The van der Waals surface area contributed by atoms with Crippen LogP contribution in [0.3, 0.4) is 0 Å². The molecule has 1 N–H and O–H groups in total. The highest BCUT2D eigenvalue weighted by Gasteiger charge is 2.40. The highest BCUT2D eigenvalue weighted by Crippen LogP contribution is 2.53. The summed E-state index contributed by atoms with van der Waals surface area (Å²) in [5.41, 5.74) is 2.76. The first-order chi connectivity index (χ1) is 12.5. The third kappa shape index (κ3) is 2.72. The fourth-order valence-electron chi connectivity index (χ4n) is 3.95. The monoisotopic (exact) mass is 390 g/mol. The summed E-state index contributed by atoms with van der Waals surface area (Å²) in [6, 6.07) is 8.73. The van der Waals surface area contributed by atoms with E-state index in [9.17, 15) is 10.1 Å². The molecule has 0 bridgehead atoms. The summed E-state index contributed by atoms with van der Waals surface area (Å²) in [7, 11) is 1.52. The van der Waals surface area contributed by atoms with Crippen molar-refractivity contribution in [2.24, 2.45) is 5.92 Å². The fraction of sp³-hybridized carbons (Fsp3) is 0.263. The lowest BCUT2D eigenvalue weighted by Crippen LogP contribution is -2.29. The molecule has 26 heavy (non-hydrogen) atoms. The van der Waals surface area contributed by atoms with Gasteiger partial charge in [0.1, 0.15) is 5.75 Å². The minimum atomic E-state index is -0.387. The van der Waals surface area contributed by atoms with Crippen LogP contribution in [-0.2, 0) is 0 Å². The molecule has 1 aliphatic carbocycles. The van der Waals surface area contributed by atoms with Crippen LogP contribution in [0.1, 0.15) is 29.5 Å². The summed E-state index contributed by atoms with van der Waals surface area (Å²) >= 11 is 12.3. The number of halogens is 2. The fourth-order valence-corrected chi connectivity index (χ4v) is 4.26. The molecule has 0 spiro atoms. The lowest BCUT2D eigenvalue weighted by atomic mass is 9.76. The molecule has 1 heterocycles. The topological polar surface area (TPSA) is 64.4 Å². The van der Waals surface area contributed by atoms with E-state index in [1.54, 1.807) is 12.1 Å². The average Bonchev–Trinajstić information content (AvgIpc) is 3.12. The predicted octanol–water partition coefficient (Wildman–Crippen LogP) is 5.74. The maximum atomic E-state index is 11.3. The van der Waals surface area contributed by atoms with Crippen LogP contribution in [0.4, 0.5) is 11.4 Å². The predicted molar refractivity (Wildman–Crippen MR) is 102 cm³/mol. The number of nitrogens with zero attached hydrogens (tertiary/aromatic N) is 1. The zero-order chi connectivity index (χ0) is 18.4. The number of methoxy groups -OCH3 is 1. The van der Waals surface area contributed by atoms with Gasteiger partial charge in [-0.25, -0.2) is 0 Å². The quantitative estimate of drug-likeness (QED) is 0.412. The smallest absolute Gasteiger partial charge is 0.273 e. The second-order valence-corrected chi connectivity index (χ2v) is 7.33. The third-order valence-corrected chi connectivity index (χ3v) is 5.89. The van der Waals surface area contributed by atoms with Gasteiger partial charge in [0.2, 0.25) is 0 Å². The van der Waals surface area contributed by atoms with E-state index >= 15 is 0 Å². The average molecular weight is 391 g/mol. The van der Waals surface area contributed by atoms with Crippen molar-refractivity contribution in [1.82, 2.24) is 0 Å². The van der Waals surface area contributed by atoms with Gasteiger partial charge in [-0.15, -0.1) is 0 Å². The van der Waals surface area contributed by atoms with E-state index in [2.05, 4.69) is 17.5 Å². The highest BCUT2D eigenvalue weighted by atomic mass is 35.5. The van der Waals surface area contributed by atoms with Gasteiger partial charge < -0.3 is 10.1 Å². The number of benzene rings is 2. The van der Waals surface area contributed by atoms with Crippen molar-refractivity contribution in [3.63, 3.8) is 0 Å². The summed E-state index contributed by atoms with van der Waals surface area (Å²) < 4.78 is 5.44. The van der Waals surface area contributed by atoms with Gasteiger partial charge in [-0.2, -0.15) is 0 Å². The number of fused-ring (bicyclic) bond motifs is 3. The van der Waals surface area contributed by atoms with Gasteiger partial charge in [-0.3, -0.25) is 10.1 Å². The lowest BCUT2D eigenvalue weighted by Gasteiger charge is -2.38. The van der Waals surface area contributed by atoms with Gasteiger partial charge >= 0.3 is 0 Å². The van der Waals surface area contributed by atoms with Gasteiger partial charge in [0.25, 0.3) is 5.69 Å². The van der Waals surface area contributed by atoms with Gasteiger partial charge in [0.15, 0.2) is 0 Å². The van der Waals surface area contributed by atoms with Gasteiger partial charge in [-0.05, 0) is 35.6 Å². The molecule has 0 unspecified atom stereocenters. The van der Waals surface area contributed by atoms with Crippen LogP contribution in [0.2, 0.25) is 10.0 Å². The van der Waals surface area contributed by atoms with Crippen LogP contribution >= 0.6 is 23.2 Å². The lowest BCUT2D eigenvalue weighted by molar-refractivity contribution is -0.385. The molecule has 1 aliphatic heterocycles. The Kier molecular flexibility index (Phi) is 4.29. The van der Waals surface area contributed by atoms with Crippen LogP contribution in [0.25, 0.3) is 0 Å². The minimum absolute atomic E-state index is 0.00706. The first-order valence-electron chi connectivity index (χ1n) is 8.24. The van der Waals surface area contributed by atoms with Crippen molar-refractivity contribution in [3.05, 3.63) is 73.8 Å². The van der Waals surface area contributed by atoms with Crippen molar-refractivity contribution in [2.45, 2.75) is 18.4 Å². The molecule has 0 saturated carbocycles. The molecule has 5 nitrogen and oxygen atoms in total. The van der Waals surface area contributed by atoms with E-state index in [1.807, 2.05) is 12.1 Å². The van der Waals surface area contributed by atoms with E-state index in [-0.39, 0.29) is 28.5 Å². The van der Waals surface area contributed by atoms with E-state index in [0.29, 0.717) is 15.8 Å². The number of nitro benzene ring substituents is 1. The molecule has 4 rings (SSSR count). The SMILES string of the molecule is COc1cc([N+](=O)[O-])cc2c1N[C@@H](c1ccc(Cl)c(Cl)c1)[C@@H]1CC=C[C@H]21. The molecule has 0 amide bonds. The van der Waals surface area contributed by atoms with Crippen molar-refractivity contribution in [1.29, 1.82) is 0 Å². The summed E-state index contributed by atoms with van der Waals surface area (Å²) in [4.78, 5) is 10.9. The van der Waals surface area contributed by atoms with Crippen LogP contribution < -0.4 is 10.1 Å². The normalized spacial score (nSPS) is 23.1. The molecule has 0 radical (unpaired) electrons. The van der Waals surface area contributed by atoms with Crippen LogP contribution in [0, 0.1) is 16.0 Å². The molecule has 2 aromatic rings. The molecule has 0 saturated heterocycles. The minimum Gasteiger partial charge on any atom is -0.494 e. The number of nitrogens with one attached hydrogen (secondary N) is 1. The number of nitro groups is 1. The summed E-state index contributed by atoms with van der Waals surface area (Å²) in [5, 5.41) is 15.8. The zero-order valence-corrected chi connectivity index (χ0v) is 15.4. The Morgan fingerprint density at radius 3 is 2.73 bits per heavy atom. The molecule has 2 aromatic carbocycles. The first-order valence-corrected chi connectivity index (χ1v) is 8.99. The number of anilines is 1. The Bertz CT molecular complexity index is 929. The van der Waals surface area contributed by atoms with Crippen molar-refractivity contribution >= 4 is 34.6 Å². The molecule has 0 aromatic heterocycles. The number of rotatable bonds is 3. The number of hydrogen-bond donors (Lipinski definition) is 1. The standard InChI is InChI=1S/C19H16Cl2N2O3/c1-26-17-9-11(23(24)25)8-14-12-3-2-4-13(12)18(22-19(14)17)10-5-6-15(20)16(21)7-10/h2-3,5-9,12-13,18,22H,4H2,1H3/t12-,13+,18-/m0/s1. The third-order valence-electron chi connectivity index (χ3n) is 5.15. The number of allylic oxidation sites excluding steroid dienone is 2. The molecule has 2 aliphatic rings. The summed E-state index contributed by atoms with van der Waals surface area (Å²) in [5.74, 6) is 0.795. The second kappa shape index (κ2) is 6.49. The van der Waals surface area contributed by atoms with Gasteiger partial charge in [0, 0.05) is 12.0 Å². The number of ether oxygens (including phenoxy) is 1. The Balaban J connectivity index is 1.84. The number of hydrogen-bond acceptors (Lipinski definition) is 4. The maximum Gasteiger partial charge on any atom is 0.273 e. The van der Waals surface area contributed by atoms with E-state index in [0.717, 1.165) is 23.2 Å². The zero-order valence-electron chi connectivity index (χ0n) is 13.9. The molecule has 134 valence electrons.